The van der Waals surface area contributed by atoms with Crippen LogP contribution in [0.3, 0.4) is 0 Å². The molecule has 0 bridgehead atoms. The number of rotatable bonds is 5. The second-order valence-corrected chi connectivity index (χ2v) is 3.74. The van der Waals surface area contributed by atoms with Crippen molar-refractivity contribution in [3.8, 4) is 0 Å². The summed E-state index contributed by atoms with van der Waals surface area (Å²) in [4.78, 5) is 10.5. The fourth-order valence-corrected chi connectivity index (χ4v) is 0.983. The van der Waals surface area contributed by atoms with Crippen LogP contribution in [0.25, 0.3) is 0 Å². The van der Waals surface area contributed by atoms with Gasteiger partial charge >= 0.3 is 5.97 Å². The highest BCUT2D eigenvalue weighted by Gasteiger charge is 2.09. The highest BCUT2D eigenvalue weighted by molar-refractivity contribution is 5.73. The van der Waals surface area contributed by atoms with Crippen molar-refractivity contribution in [3.63, 3.8) is 0 Å². The third-order valence-electron chi connectivity index (χ3n) is 1.95. The minimum Gasteiger partial charge on any atom is -0.465 e. The van der Waals surface area contributed by atoms with Gasteiger partial charge in [0.1, 0.15) is 0 Å². The average molecular weight is 195 g/mol. The Morgan fingerprint density at radius 3 is 2.36 bits per heavy atom. The molecule has 0 aliphatic carbocycles. The molecule has 2 heteroatoms. The van der Waals surface area contributed by atoms with Crippen LogP contribution in [0, 0.1) is 12.8 Å². The topological polar surface area (TPSA) is 26.3 Å². The first-order valence-corrected chi connectivity index (χ1v) is 4.71. The van der Waals surface area contributed by atoms with E-state index in [9.17, 15) is 4.79 Å². The van der Waals surface area contributed by atoms with Gasteiger partial charge in [-0.3, -0.25) is 4.79 Å². The molecule has 0 aliphatic rings. The van der Waals surface area contributed by atoms with E-state index in [1.54, 1.807) is 0 Å². The fraction of sp³-hybridized carbons (Fsp3) is 0.500. The lowest BCUT2D eigenvalue weighted by Gasteiger charge is -2.14. The molecule has 0 saturated carbocycles. The van der Waals surface area contributed by atoms with E-state index < -0.39 is 5.97 Å². The molecular formula is C12H19O2. The molecule has 0 N–H and O–H groups in total. The molecule has 0 fully saturated rings. The largest absolute Gasteiger partial charge is 0.465 e. The highest BCUT2D eigenvalue weighted by Crippen LogP contribution is 2.15. The lowest BCUT2D eigenvalue weighted by molar-refractivity contribution is -0.139. The van der Waals surface area contributed by atoms with E-state index in [2.05, 4.69) is 19.6 Å². The summed E-state index contributed by atoms with van der Waals surface area (Å²) in [5, 5.41) is 0. The Bertz CT molecular complexity index is 235. The number of carbonyl (C=O) groups is 1. The van der Waals surface area contributed by atoms with Crippen LogP contribution in [0.1, 0.15) is 27.2 Å². The molecule has 1 atom stereocenters. The van der Waals surface area contributed by atoms with Crippen molar-refractivity contribution in [2.24, 2.45) is 5.92 Å². The molecule has 79 valence electrons. The van der Waals surface area contributed by atoms with E-state index in [-0.39, 0.29) is 5.92 Å². The minimum atomic E-state index is -0.478. The van der Waals surface area contributed by atoms with Crippen molar-refractivity contribution in [1.82, 2.24) is 0 Å². The predicted molar refractivity (Wildman–Crippen MR) is 58.7 cm³/mol. The van der Waals surface area contributed by atoms with E-state index in [1.165, 1.54) is 5.57 Å². The molecule has 0 saturated heterocycles. The monoisotopic (exact) mass is 195 g/mol. The van der Waals surface area contributed by atoms with Crippen molar-refractivity contribution < 1.29 is 9.53 Å². The lowest BCUT2D eigenvalue weighted by atomic mass is 9.98. The quantitative estimate of drug-likeness (QED) is 0.498. The van der Waals surface area contributed by atoms with E-state index in [0.29, 0.717) is 6.61 Å². The number of hydrogen-bond donors (Lipinski definition) is 0. The maximum absolute atomic E-state index is 10.5. The second-order valence-electron chi connectivity index (χ2n) is 3.74. The van der Waals surface area contributed by atoms with Crippen molar-refractivity contribution in [2.45, 2.75) is 27.2 Å². The minimum absolute atomic E-state index is 0.204. The summed E-state index contributed by atoms with van der Waals surface area (Å²) >= 11 is 0. The molecular weight excluding hydrogens is 176 g/mol. The summed E-state index contributed by atoms with van der Waals surface area (Å²) in [5.41, 5.74) is 2.29. The van der Waals surface area contributed by atoms with Gasteiger partial charge in [-0.15, -0.1) is 0 Å². The lowest BCUT2D eigenvalue weighted by Crippen LogP contribution is -2.12. The molecule has 0 heterocycles. The van der Waals surface area contributed by atoms with Gasteiger partial charge in [0.25, 0.3) is 0 Å². The number of allylic oxidation sites excluding steroid dienone is 2. The Labute approximate surface area is 86.6 Å². The Hall–Kier alpha value is -1.05. The molecule has 0 aliphatic heterocycles. The molecule has 1 radical (unpaired) electrons. The summed E-state index contributed by atoms with van der Waals surface area (Å²) in [6.07, 6.45) is 2.99. The first kappa shape index (κ1) is 12.9. The Morgan fingerprint density at radius 2 is 2.00 bits per heavy atom. The van der Waals surface area contributed by atoms with E-state index >= 15 is 0 Å². The number of esters is 1. The van der Waals surface area contributed by atoms with E-state index in [1.807, 2.05) is 20.8 Å². The van der Waals surface area contributed by atoms with Crippen molar-refractivity contribution >= 4 is 5.97 Å². The van der Waals surface area contributed by atoms with Gasteiger partial charge in [-0.05, 0) is 27.2 Å². The Kier molecular flexibility index (Phi) is 5.93. The summed E-state index contributed by atoms with van der Waals surface area (Å²) in [7, 11) is 0. The van der Waals surface area contributed by atoms with Crippen molar-refractivity contribution in [3.05, 3.63) is 30.7 Å². The molecule has 0 rings (SSSR count). The zero-order valence-corrected chi connectivity index (χ0v) is 9.30. The average Bonchev–Trinajstić information content (AvgIpc) is 2.02. The van der Waals surface area contributed by atoms with Crippen LogP contribution in [0.15, 0.2) is 23.8 Å². The van der Waals surface area contributed by atoms with Gasteiger partial charge in [0, 0.05) is 5.92 Å². The van der Waals surface area contributed by atoms with Gasteiger partial charge in [-0.2, -0.15) is 0 Å². The van der Waals surface area contributed by atoms with Crippen LogP contribution >= 0.6 is 0 Å². The SMILES string of the molecule is [CH2]C(=O)OCC(CC=C(C)C)C(=C)C. The highest BCUT2D eigenvalue weighted by atomic mass is 16.5. The third-order valence-corrected chi connectivity index (χ3v) is 1.95. The molecule has 0 aromatic heterocycles. The standard InChI is InChI=1S/C12H19O2/c1-9(2)6-7-12(10(3)4)8-14-11(5)13/h6,12H,3,5,7-8H2,1-2,4H3. The van der Waals surface area contributed by atoms with Crippen molar-refractivity contribution in [2.75, 3.05) is 6.61 Å². The van der Waals surface area contributed by atoms with Gasteiger partial charge in [0.2, 0.25) is 0 Å². The smallest absolute Gasteiger partial charge is 0.306 e. The maximum Gasteiger partial charge on any atom is 0.306 e. The van der Waals surface area contributed by atoms with E-state index in [0.717, 1.165) is 12.0 Å². The zero-order valence-electron chi connectivity index (χ0n) is 9.30. The molecule has 0 aromatic rings. The Morgan fingerprint density at radius 1 is 1.43 bits per heavy atom. The summed E-state index contributed by atoms with van der Waals surface area (Å²) in [6, 6.07) is 0. The molecule has 0 amide bonds. The first-order chi connectivity index (χ1) is 6.43. The van der Waals surface area contributed by atoms with Crippen LogP contribution < -0.4 is 0 Å². The van der Waals surface area contributed by atoms with Crippen molar-refractivity contribution in [1.29, 1.82) is 0 Å². The fourth-order valence-electron chi connectivity index (χ4n) is 0.983. The van der Waals surface area contributed by atoms with Gasteiger partial charge in [0.15, 0.2) is 0 Å². The van der Waals surface area contributed by atoms with Crippen LogP contribution in [-0.4, -0.2) is 12.6 Å². The van der Waals surface area contributed by atoms with Crippen LogP contribution in [0.2, 0.25) is 0 Å². The molecule has 2 nitrogen and oxygen atoms in total. The third kappa shape index (κ3) is 6.46. The summed E-state index contributed by atoms with van der Waals surface area (Å²) in [6.45, 7) is 13.4. The number of ether oxygens (including phenoxy) is 1. The van der Waals surface area contributed by atoms with Crippen LogP contribution in [0.5, 0.6) is 0 Å². The number of carbonyl (C=O) groups excluding carboxylic acids is 1. The number of hydrogen-bond acceptors (Lipinski definition) is 2. The molecule has 1 unspecified atom stereocenters. The maximum atomic E-state index is 10.5. The second kappa shape index (κ2) is 6.41. The van der Waals surface area contributed by atoms with Crippen LogP contribution in [-0.2, 0) is 9.53 Å². The zero-order chi connectivity index (χ0) is 11.1. The molecule has 0 spiro atoms. The van der Waals surface area contributed by atoms with Gasteiger partial charge < -0.3 is 4.74 Å². The van der Waals surface area contributed by atoms with Crippen LogP contribution in [0.4, 0.5) is 0 Å². The predicted octanol–water partition coefficient (Wildman–Crippen LogP) is 2.91. The van der Waals surface area contributed by atoms with Gasteiger partial charge in [0.05, 0.1) is 13.5 Å². The van der Waals surface area contributed by atoms with E-state index in [4.69, 9.17) is 4.74 Å². The molecule has 14 heavy (non-hydrogen) atoms. The van der Waals surface area contributed by atoms with Gasteiger partial charge in [-0.1, -0.05) is 23.8 Å². The normalized spacial score (nSPS) is 11.7. The summed E-state index contributed by atoms with van der Waals surface area (Å²) < 4.78 is 4.86. The Balaban J connectivity index is 4.10. The summed E-state index contributed by atoms with van der Waals surface area (Å²) in [5.74, 6) is -0.274. The molecule has 0 aromatic carbocycles. The first-order valence-electron chi connectivity index (χ1n) is 4.71. The van der Waals surface area contributed by atoms with Gasteiger partial charge in [-0.25, -0.2) is 0 Å².